The number of carbonyl (C=O) groups is 1. The summed E-state index contributed by atoms with van der Waals surface area (Å²) in [6.07, 6.45) is 0. The van der Waals surface area contributed by atoms with Crippen LogP contribution in [-0.2, 0) is 10.0 Å². The van der Waals surface area contributed by atoms with Gasteiger partial charge < -0.3 is 4.74 Å². The van der Waals surface area contributed by atoms with Crippen LogP contribution in [0.15, 0.2) is 64.9 Å². The molecule has 2 aromatic carbocycles. The highest BCUT2D eigenvalue weighted by molar-refractivity contribution is 7.92. The lowest BCUT2D eigenvalue weighted by atomic mass is 10.3. The van der Waals surface area contributed by atoms with Gasteiger partial charge in [-0.3, -0.25) is 4.72 Å². The van der Waals surface area contributed by atoms with Crippen LogP contribution in [0, 0.1) is 0 Å². The Hall–Kier alpha value is -2.06. The number of benzene rings is 2. The van der Waals surface area contributed by atoms with E-state index in [0.717, 1.165) is 11.3 Å². The largest absolute Gasteiger partial charge is 0.422 e. The monoisotopic (exact) mass is 427 g/mol. The van der Waals surface area contributed by atoms with Gasteiger partial charge in [0.15, 0.2) is 0 Å². The van der Waals surface area contributed by atoms with Gasteiger partial charge >= 0.3 is 5.97 Å². The lowest BCUT2D eigenvalue weighted by molar-refractivity contribution is 0.0741. The Morgan fingerprint density at radius 2 is 1.81 bits per heavy atom. The maximum atomic E-state index is 12.5. The molecule has 134 valence electrons. The van der Waals surface area contributed by atoms with Gasteiger partial charge in [-0.1, -0.05) is 41.4 Å². The Labute approximate surface area is 164 Å². The SMILES string of the molecule is O=C(Oc1cccc(Cl)c1)c1sccc1NS(=O)(=O)c1ccccc1Cl. The molecule has 3 rings (SSSR count). The highest BCUT2D eigenvalue weighted by atomic mass is 35.5. The average Bonchev–Trinajstić information content (AvgIpc) is 3.02. The Bertz CT molecular complexity index is 1060. The number of halogens is 2. The van der Waals surface area contributed by atoms with Crippen molar-refractivity contribution in [3.05, 3.63) is 74.9 Å². The van der Waals surface area contributed by atoms with E-state index in [9.17, 15) is 13.2 Å². The van der Waals surface area contributed by atoms with E-state index >= 15 is 0 Å². The van der Waals surface area contributed by atoms with Gasteiger partial charge in [0.25, 0.3) is 10.0 Å². The van der Waals surface area contributed by atoms with Crippen LogP contribution in [0.25, 0.3) is 0 Å². The molecule has 3 aromatic rings. The van der Waals surface area contributed by atoms with E-state index in [4.69, 9.17) is 27.9 Å². The number of ether oxygens (including phenoxy) is 1. The molecule has 9 heteroatoms. The van der Waals surface area contributed by atoms with Crippen LogP contribution in [0.2, 0.25) is 10.0 Å². The third-order valence-corrected chi connectivity index (χ3v) is 6.22. The first-order chi connectivity index (χ1) is 12.4. The van der Waals surface area contributed by atoms with E-state index in [-0.39, 0.29) is 26.2 Å². The molecule has 0 aliphatic heterocycles. The average molecular weight is 428 g/mol. The van der Waals surface area contributed by atoms with Crippen molar-refractivity contribution >= 4 is 56.2 Å². The van der Waals surface area contributed by atoms with Crippen molar-refractivity contribution in [3.63, 3.8) is 0 Å². The highest BCUT2D eigenvalue weighted by Crippen LogP contribution is 2.29. The summed E-state index contributed by atoms with van der Waals surface area (Å²) in [5.41, 5.74) is 0.113. The van der Waals surface area contributed by atoms with Crippen LogP contribution in [0.4, 0.5) is 5.69 Å². The van der Waals surface area contributed by atoms with Crippen molar-refractivity contribution in [1.82, 2.24) is 0 Å². The quantitative estimate of drug-likeness (QED) is 0.455. The molecule has 0 amide bonds. The summed E-state index contributed by atoms with van der Waals surface area (Å²) >= 11 is 12.9. The van der Waals surface area contributed by atoms with Crippen molar-refractivity contribution in [2.75, 3.05) is 4.72 Å². The number of carbonyl (C=O) groups excluding carboxylic acids is 1. The van der Waals surface area contributed by atoms with Crippen molar-refractivity contribution in [2.45, 2.75) is 4.90 Å². The third kappa shape index (κ3) is 4.19. The fourth-order valence-electron chi connectivity index (χ4n) is 2.09. The van der Waals surface area contributed by atoms with Crippen LogP contribution in [0.5, 0.6) is 5.75 Å². The van der Waals surface area contributed by atoms with Crippen molar-refractivity contribution in [3.8, 4) is 5.75 Å². The molecule has 26 heavy (non-hydrogen) atoms. The molecule has 1 N–H and O–H groups in total. The second-order valence-electron chi connectivity index (χ2n) is 5.05. The second-order valence-corrected chi connectivity index (χ2v) is 8.46. The number of esters is 1. The number of hydrogen-bond donors (Lipinski definition) is 1. The molecule has 0 atom stereocenters. The van der Waals surface area contributed by atoms with Gasteiger partial charge in [-0.25, -0.2) is 13.2 Å². The van der Waals surface area contributed by atoms with Crippen LogP contribution >= 0.6 is 34.5 Å². The zero-order valence-corrected chi connectivity index (χ0v) is 16.1. The molecule has 1 aromatic heterocycles. The summed E-state index contributed by atoms with van der Waals surface area (Å²) < 4.78 is 32.7. The van der Waals surface area contributed by atoms with E-state index in [1.54, 1.807) is 35.7 Å². The number of nitrogens with one attached hydrogen (secondary N) is 1. The van der Waals surface area contributed by atoms with Crippen molar-refractivity contribution < 1.29 is 17.9 Å². The van der Waals surface area contributed by atoms with E-state index in [1.165, 1.54) is 24.3 Å². The van der Waals surface area contributed by atoms with Gasteiger partial charge in [0.2, 0.25) is 0 Å². The zero-order chi connectivity index (χ0) is 18.7. The van der Waals surface area contributed by atoms with Crippen LogP contribution < -0.4 is 9.46 Å². The lowest BCUT2D eigenvalue weighted by Gasteiger charge is -2.10. The molecule has 0 radical (unpaired) electrons. The molecule has 1 heterocycles. The minimum absolute atomic E-state index is 0.0815. The van der Waals surface area contributed by atoms with Crippen molar-refractivity contribution in [1.29, 1.82) is 0 Å². The fourth-order valence-corrected chi connectivity index (χ4v) is 4.66. The zero-order valence-electron chi connectivity index (χ0n) is 13.0. The molecule has 0 fully saturated rings. The van der Waals surface area contributed by atoms with Crippen LogP contribution in [0.3, 0.4) is 0 Å². The molecular weight excluding hydrogens is 417 g/mol. The van der Waals surface area contributed by atoms with E-state index < -0.39 is 16.0 Å². The minimum Gasteiger partial charge on any atom is -0.422 e. The van der Waals surface area contributed by atoms with Gasteiger partial charge in [-0.15, -0.1) is 11.3 Å². The van der Waals surface area contributed by atoms with E-state index in [1.807, 2.05) is 0 Å². The summed E-state index contributed by atoms with van der Waals surface area (Å²) in [5.74, 6) is -0.435. The Morgan fingerprint density at radius 3 is 2.54 bits per heavy atom. The maximum absolute atomic E-state index is 12.5. The summed E-state index contributed by atoms with van der Waals surface area (Å²) in [7, 11) is -3.95. The maximum Gasteiger partial charge on any atom is 0.355 e. The number of thiophene rings is 1. The van der Waals surface area contributed by atoms with Gasteiger partial charge in [0.05, 0.1) is 10.7 Å². The molecule has 0 saturated heterocycles. The molecule has 0 spiro atoms. The molecule has 0 aliphatic carbocycles. The number of anilines is 1. The number of sulfonamides is 1. The molecule has 0 aliphatic rings. The third-order valence-electron chi connectivity index (χ3n) is 3.23. The summed E-state index contributed by atoms with van der Waals surface area (Å²) in [5, 5.41) is 2.08. The summed E-state index contributed by atoms with van der Waals surface area (Å²) in [4.78, 5) is 12.4. The number of rotatable bonds is 5. The lowest BCUT2D eigenvalue weighted by Crippen LogP contribution is -2.16. The molecule has 0 bridgehead atoms. The van der Waals surface area contributed by atoms with Gasteiger partial charge in [0.1, 0.15) is 15.5 Å². The predicted octanol–water partition coefficient (Wildman–Crippen LogP) is 5.07. The van der Waals surface area contributed by atoms with Crippen LogP contribution in [-0.4, -0.2) is 14.4 Å². The highest BCUT2D eigenvalue weighted by Gasteiger charge is 2.23. The molecule has 0 saturated carbocycles. The first-order valence-electron chi connectivity index (χ1n) is 7.19. The smallest absolute Gasteiger partial charge is 0.355 e. The first kappa shape index (κ1) is 18.7. The summed E-state index contributed by atoms with van der Waals surface area (Å²) in [6, 6.07) is 13.9. The topological polar surface area (TPSA) is 72.5 Å². The Kier molecular flexibility index (Phi) is 5.52. The molecule has 5 nitrogen and oxygen atoms in total. The van der Waals surface area contributed by atoms with Crippen LogP contribution in [0.1, 0.15) is 9.67 Å². The second kappa shape index (κ2) is 7.67. The summed E-state index contributed by atoms with van der Waals surface area (Å²) in [6.45, 7) is 0. The predicted molar refractivity (Wildman–Crippen MR) is 103 cm³/mol. The van der Waals surface area contributed by atoms with Crippen molar-refractivity contribution in [2.24, 2.45) is 0 Å². The molecular formula is C17H11Cl2NO4S2. The number of hydrogen-bond acceptors (Lipinski definition) is 5. The fraction of sp³-hybridized carbons (Fsp3) is 0. The standard InChI is InChI=1S/C17H11Cl2NO4S2/c18-11-4-3-5-12(10-11)24-17(21)16-14(8-9-25-16)20-26(22,23)15-7-2-1-6-13(15)19/h1-10,20H. The molecule has 0 unspecified atom stereocenters. The normalized spacial score (nSPS) is 11.2. The Balaban J connectivity index is 1.85. The van der Waals surface area contributed by atoms with Gasteiger partial charge in [-0.2, -0.15) is 0 Å². The van der Waals surface area contributed by atoms with Gasteiger partial charge in [-0.05, 0) is 41.8 Å². The van der Waals surface area contributed by atoms with E-state index in [0.29, 0.717) is 5.02 Å². The first-order valence-corrected chi connectivity index (χ1v) is 10.3. The Morgan fingerprint density at radius 1 is 1.04 bits per heavy atom. The minimum atomic E-state index is -3.95. The van der Waals surface area contributed by atoms with E-state index in [2.05, 4.69) is 4.72 Å². The van der Waals surface area contributed by atoms with Gasteiger partial charge in [0, 0.05) is 5.02 Å².